The summed E-state index contributed by atoms with van der Waals surface area (Å²) in [4.78, 5) is 20.0. The lowest BCUT2D eigenvalue weighted by Crippen LogP contribution is -2.40. The lowest BCUT2D eigenvalue weighted by Gasteiger charge is -2.37. The standard InChI is InChI=1S/C29H31F3N6O2/c1-17-27(36(2)35-34-17)18-7-9-23-22(15-18)33-28(38(23)19-11-13-29(31,32)14-12-19)24-5-4-6-26(39)37(24)20-8-10-25(40-3)21(30)16-20/h7-10,15-16,19,24H,4-6,11-14H2,1-3H3. The molecule has 6 rings (SSSR count). The van der Waals surface area contributed by atoms with Gasteiger partial charge in [0.1, 0.15) is 5.82 Å². The largest absolute Gasteiger partial charge is 0.494 e. The van der Waals surface area contributed by atoms with Gasteiger partial charge in [0.15, 0.2) is 11.6 Å². The minimum absolute atomic E-state index is 0.0904. The van der Waals surface area contributed by atoms with E-state index in [-0.39, 0.29) is 30.5 Å². The molecule has 1 atom stereocenters. The molecule has 2 aromatic carbocycles. The Morgan fingerprint density at radius 3 is 2.52 bits per heavy atom. The average molecular weight is 553 g/mol. The van der Waals surface area contributed by atoms with Gasteiger partial charge in [0.05, 0.1) is 35.6 Å². The highest BCUT2D eigenvalue weighted by atomic mass is 19.3. The summed E-state index contributed by atoms with van der Waals surface area (Å²) < 4.78 is 51.9. The van der Waals surface area contributed by atoms with Crippen LogP contribution in [0.2, 0.25) is 0 Å². The Bertz CT molecular complexity index is 1570. The summed E-state index contributed by atoms with van der Waals surface area (Å²) in [6.45, 7) is 1.89. The number of rotatable bonds is 5. The Morgan fingerprint density at radius 1 is 1.07 bits per heavy atom. The van der Waals surface area contributed by atoms with Gasteiger partial charge in [0.25, 0.3) is 0 Å². The number of halogens is 3. The number of carbonyl (C=O) groups excluding carboxylic acids is 1. The minimum Gasteiger partial charge on any atom is -0.494 e. The monoisotopic (exact) mass is 552 g/mol. The molecule has 11 heteroatoms. The predicted molar refractivity (Wildman–Crippen MR) is 144 cm³/mol. The van der Waals surface area contributed by atoms with Gasteiger partial charge >= 0.3 is 0 Å². The highest BCUT2D eigenvalue weighted by Crippen LogP contribution is 2.44. The van der Waals surface area contributed by atoms with E-state index in [0.29, 0.717) is 49.1 Å². The first kappa shape index (κ1) is 26.3. The molecule has 40 heavy (non-hydrogen) atoms. The zero-order valence-corrected chi connectivity index (χ0v) is 22.7. The van der Waals surface area contributed by atoms with Crippen LogP contribution in [0.3, 0.4) is 0 Å². The Morgan fingerprint density at radius 2 is 1.85 bits per heavy atom. The average Bonchev–Trinajstić information content (AvgIpc) is 3.47. The molecule has 1 saturated heterocycles. The number of anilines is 1. The second kappa shape index (κ2) is 9.94. The van der Waals surface area contributed by atoms with Crippen molar-refractivity contribution in [3.8, 4) is 17.0 Å². The number of imidazole rings is 1. The van der Waals surface area contributed by atoms with E-state index in [1.54, 1.807) is 15.6 Å². The van der Waals surface area contributed by atoms with E-state index < -0.39 is 17.8 Å². The molecule has 1 aliphatic heterocycles. The van der Waals surface area contributed by atoms with Crippen LogP contribution in [0.4, 0.5) is 18.9 Å². The number of alkyl halides is 2. The molecule has 2 fully saturated rings. The van der Waals surface area contributed by atoms with E-state index in [0.717, 1.165) is 22.5 Å². The lowest BCUT2D eigenvalue weighted by atomic mass is 9.91. The fourth-order valence-corrected chi connectivity index (χ4v) is 6.27. The van der Waals surface area contributed by atoms with Crippen LogP contribution < -0.4 is 9.64 Å². The molecule has 0 N–H and O–H groups in total. The number of benzene rings is 2. The van der Waals surface area contributed by atoms with Gasteiger partial charge < -0.3 is 14.2 Å². The first-order valence-corrected chi connectivity index (χ1v) is 13.6. The van der Waals surface area contributed by atoms with Crippen LogP contribution in [-0.4, -0.2) is 43.5 Å². The van der Waals surface area contributed by atoms with Gasteiger partial charge in [-0.15, -0.1) is 5.10 Å². The van der Waals surface area contributed by atoms with Gasteiger partial charge in [-0.25, -0.2) is 22.8 Å². The van der Waals surface area contributed by atoms with E-state index in [2.05, 4.69) is 14.9 Å². The van der Waals surface area contributed by atoms with Crippen LogP contribution in [0.5, 0.6) is 5.75 Å². The third-order valence-electron chi connectivity index (χ3n) is 8.20. The Labute approximate surface area is 229 Å². The van der Waals surface area contributed by atoms with E-state index in [9.17, 15) is 18.0 Å². The minimum atomic E-state index is -2.68. The molecule has 4 aromatic rings. The van der Waals surface area contributed by atoms with Crippen LogP contribution in [0.1, 0.15) is 68.5 Å². The van der Waals surface area contributed by atoms with Gasteiger partial charge in [-0.2, -0.15) is 0 Å². The molecule has 3 heterocycles. The van der Waals surface area contributed by atoms with Gasteiger partial charge in [-0.05, 0) is 56.9 Å². The third kappa shape index (κ3) is 4.50. The van der Waals surface area contributed by atoms with Gasteiger partial charge in [-0.1, -0.05) is 11.3 Å². The number of fused-ring (bicyclic) bond motifs is 1. The van der Waals surface area contributed by atoms with Crippen molar-refractivity contribution >= 4 is 22.6 Å². The van der Waals surface area contributed by atoms with Crippen molar-refractivity contribution in [3.63, 3.8) is 0 Å². The molecule has 2 aromatic heterocycles. The highest BCUT2D eigenvalue weighted by Gasteiger charge is 2.40. The van der Waals surface area contributed by atoms with Crippen molar-refractivity contribution in [2.45, 2.75) is 69.9 Å². The number of methoxy groups -OCH3 is 1. The van der Waals surface area contributed by atoms with Gasteiger partial charge in [0, 0.05) is 49.7 Å². The highest BCUT2D eigenvalue weighted by molar-refractivity contribution is 5.95. The fourth-order valence-electron chi connectivity index (χ4n) is 6.27. The molecular weight excluding hydrogens is 521 g/mol. The maximum atomic E-state index is 14.7. The molecular formula is C29H31F3N6O2. The van der Waals surface area contributed by atoms with Crippen molar-refractivity contribution in [2.24, 2.45) is 7.05 Å². The Kier molecular flexibility index (Phi) is 6.54. The molecule has 1 saturated carbocycles. The Balaban J connectivity index is 1.50. The van der Waals surface area contributed by atoms with E-state index in [1.165, 1.54) is 19.2 Å². The van der Waals surface area contributed by atoms with Crippen molar-refractivity contribution in [1.82, 2.24) is 24.5 Å². The molecule has 0 radical (unpaired) electrons. The van der Waals surface area contributed by atoms with Crippen LogP contribution in [-0.2, 0) is 11.8 Å². The predicted octanol–water partition coefficient (Wildman–Crippen LogP) is 6.30. The number of piperidine rings is 1. The third-order valence-corrected chi connectivity index (χ3v) is 8.20. The van der Waals surface area contributed by atoms with Crippen molar-refractivity contribution in [2.75, 3.05) is 12.0 Å². The number of ether oxygens (including phenoxy) is 1. The van der Waals surface area contributed by atoms with E-state index in [4.69, 9.17) is 9.72 Å². The summed E-state index contributed by atoms with van der Waals surface area (Å²) in [5.74, 6) is -2.66. The van der Waals surface area contributed by atoms with Crippen molar-refractivity contribution < 1.29 is 22.7 Å². The summed E-state index contributed by atoms with van der Waals surface area (Å²) in [6, 6.07) is 9.69. The van der Waals surface area contributed by atoms with E-state index >= 15 is 0 Å². The van der Waals surface area contributed by atoms with Gasteiger partial charge in [-0.3, -0.25) is 4.79 Å². The van der Waals surface area contributed by atoms with Crippen molar-refractivity contribution in [3.05, 3.63) is 53.7 Å². The SMILES string of the molecule is COc1ccc(N2C(=O)CCCC2c2nc3cc(-c4c(C)nnn4C)ccc3n2C2CCC(F)(F)CC2)cc1F. The van der Waals surface area contributed by atoms with Crippen LogP contribution in [0, 0.1) is 12.7 Å². The topological polar surface area (TPSA) is 78.1 Å². The fraction of sp³-hybridized carbons (Fsp3) is 0.448. The number of hydrogen-bond donors (Lipinski definition) is 0. The second-order valence-corrected chi connectivity index (χ2v) is 10.8. The van der Waals surface area contributed by atoms with Gasteiger partial charge in [0.2, 0.25) is 11.8 Å². The molecule has 8 nitrogen and oxygen atoms in total. The first-order chi connectivity index (χ1) is 19.2. The number of carbonyl (C=O) groups is 1. The normalized spacial score (nSPS) is 19.9. The maximum Gasteiger partial charge on any atom is 0.248 e. The molecule has 0 spiro atoms. The Hall–Kier alpha value is -3.89. The summed E-state index contributed by atoms with van der Waals surface area (Å²) >= 11 is 0. The number of amides is 1. The smallest absolute Gasteiger partial charge is 0.248 e. The summed E-state index contributed by atoms with van der Waals surface area (Å²) in [5.41, 5.74) is 4.46. The number of hydrogen-bond acceptors (Lipinski definition) is 5. The molecule has 0 bridgehead atoms. The summed E-state index contributed by atoms with van der Waals surface area (Å²) in [7, 11) is 3.21. The van der Waals surface area contributed by atoms with E-state index in [1.807, 2.05) is 32.2 Å². The first-order valence-electron chi connectivity index (χ1n) is 13.6. The molecule has 1 amide bonds. The van der Waals surface area contributed by atoms with Crippen molar-refractivity contribution in [1.29, 1.82) is 0 Å². The number of nitrogens with zero attached hydrogens (tertiary/aromatic N) is 6. The van der Waals surface area contributed by atoms with Crippen LogP contribution >= 0.6 is 0 Å². The lowest BCUT2D eigenvalue weighted by molar-refractivity contribution is -0.120. The zero-order valence-electron chi connectivity index (χ0n) is 22.7. The van der Waals surface area contributed by atoms with Crippen LogP contribution in [0.15, 0.2) is 36.4 Å². The second-order valence-electron chi connectivity index (χ2n) is 10.8. The zero-order chi connectivity index (χ0) is 28.2. The molecule has 1 aliphatic carbocycles. The quantitative estimate of drug-likeness (QED) is 0.291. The number of aryl methyl sites for hydroxylation is 2. The molecule has 2 aliphatic rings. The van der Waals surface area contributed by atoms with Crippen LogP contribution in [0.25, 0.3) is 22.3 Å². The number of aromatic nitrogens is 5. The maximum absolute atomic E-state index is 14.7. The summed E-state index contributed by atoms with van der Waals surface area (Å²) in [5, 5.41) is 8.27. The molecule has 210 valence electrons. The molecule has 1 unspecified atom stereocenters. The summed E-state index contributed by atoms with van der Waals surface area (Å²) in [6.07, 6.45) is 1.79.